The zero-order valence-electron chi connectivity index (χ0n) is 14.3. The first-order valence-electron chi connectivity index (χ1n) is 7.92. The molecule has 1 amide bonds. The van der Waals surface area contributed by atoms with Crippen molar-refractivity contribution in [1.29, 1.82) is 0 Å². The van der Waals surface area contributed by atoms with Gasteiger partial charge in [0.05, 0.1) is 20.1 Å². The Balaban J connectivity index is 1.75. The summed E-state index contributed by atoms with van der Waals surface area (Å²) in [7, 11) is 1.58. The molecule has 2 aromatic rings. The van der Waals surface area contributed by atoms with E-state index >= 15 is 0 Å². The molecule has 0 saturated carbocycles. The Kier molecular flexibility index (Phi) is 6.83. The molecule has 0 fully saturated rings. The van der Waals surface area contributed by atoms with Crippen LogP contribution in [0.1, 0.15) is 12.5 Å². The lowest BCUT2D eigenvalue weighted by molar-refractivity contribution is -0.146. The maximum absolute atomic E-state index is 11.8. The van der Waals surface area contributed by atoms with E-state index in [9.17, 15) is 9.59 Å². The summed E-state index contributed by atoms with van der Waals surface area (Å²) < 4.78 is 15.4. The average molecular weight is 343 g/mol. The van der Waals surface area contributed by atoms with Crippen molar-refractivity contribution in [2.75, 3.05) is 25.6 Å². The molecule has 0 aliphatic carbocycles. The van der Waals surface area contributed by atoms with Gasteiger partial charge in [0.1, 0.15) is 11.5 Å². The van der Waals surface area contributed by atoms with Crippen LogP contribution in [-0.4, -0.2) is 32.2 Å². The van der Waals surface area contributed by atoms with Crippen LogP contribution in [0.3, 0.4) is 0 Å². The Morgan fingerprint density at radius 3 is 2.20 bits per heavy atom. The van der Waals surface area contributed by atoms with Crippen LogP contribution in [0.5, 0.6) is 11.5 Å². The van der Waals surface area contributed by atoms with Crippen LogP contribution in [-0.2, 0) is 20.7 Å². The monoisotopic (exact) mass is 343 g/mol. The van der Waals surface area contributed by atoms with Crippen LogP contribution in [0.25, 0.3) is 0 Å². The summed E-state index contributed by atoms with van der Waals surface area (Å²) >= 11 is 0. The third-order valence-electron chi connectivity index (χ3n) is 3.32. The molecular formula is C19H21NO5. The number of hydrogen-bond donors (Lipinski definition) is 1. The van der Waals surface area contributed by atoms with Crippen LogP contribution in [0, 0.1) is 0 Å². The molecule has 0 saturated heterocycles. The van der Waals surface area contributed by atoms with Gasteiger partial charge >= 0.3 is 5.97 Å². The minimum absolute atomic E-state index is 0.0975. The highest BCUT2D eigenvalue weighted by molar-refractivity contribution is 5.92. The van der Waals surface area contributed by atoms with Crippen molar-refractivity contribution in [3.63, 3.8) is 0 Å². The Morgan fingerprint density at radius 2 is 1.60 bits per heavy atom. The van der Waals surface area contributed by atoms with Gasteiger partial charge in [0.25, 0.3) is 5.91 Å². The summed E-state index contributed by atoms with van der Waals surface area (Å²) in [5.41, 5.74) is 1.40. The van der Waals surface area contributed by atoms with Gasteiger partial charge in [-0.2, -0.15) is 0 Å². The molecule has 0 aliphatic heterocycles. The molecule has 0 aliphatic rings. The highest BCUT2D eigenvalue weighted by Crippen LogP contribution is 2.15. The number of methoxy groups -OCH3 is 1. The molecule has 132 valence electrons. The summed E-state index contributed by atoms with van der Waals surface area (Å²) in [6, 6.07) is 14.1. The lowest BCUT2D eigenvalue weighted by atomic mass is 10.1. The number of benzene rings is 2. The number of carbonyl (C=O) groups excluding carboxylic acids is 2. The summed E-state index contributed by atoms with van der Waals surface area (Å²) in [6.45, 7) is 2.15. The van der Waals surface area contributed by atoms with E-state index in [0.29, 0.717) is 18.0 Å². The van der Waals surface area contributed by atoms with Gasteiger partial charge in [0.15, 0.2) is 6.61 Å². The second kappa shape index (κ2) is 9.32. The number of esters is 1. The summed E-state index contributed by atoms with van der Waals surface area (Å²) in [5.74, 6) is 0.581. The standard InChI is InChI=1S/C19H21NO5/c1-3-24-17-10-6-15(7-11-17)20-18(21)13-25-19(22)12-14-4-8-16(23-2)9-5-14/h4-11H,3,12-13H2,1-2H3,(H,20,21). The SMILES string of the molecule is CCOc1ccc(NC(=O)COC(=O)Cc2ccc(OC)cc2)cc1. The Hall–Kier alpha value is -3.02. The number of anilines is 1. The number of hydrogen-bond acceptors (Lipinski definition) is 5. The summed E-state index contributed by atoms with van der Waals surface area (Å²) in [5, 5.41) is 2.66. The second-order valence-corrected chi connectivity index (χ2v) is 5.19. The molecule has 0 atom stereocenters. The molecule has 1 N–H and O–H groups in total. The predicted molar refractivity (Wildman–Crippen MR) is 93.9 cm³/mol. The highest BCUT2D eigenvalue weighted by Gasteiger charge is 2.09. The third-order valence-corrected chi connectivity index (χ3v) is 3.32. The molecule has 6 nitrogen and oxygen atoms in total. The zero-order valence-corrected chi connectivity index (χ0v) is 14.3. The van der Waals surface area contributed by atoms with Gasteiger partial charge in [-0.3, -0.25) is 9.59 Å². The number of nitrogens with one attached hydrogen (secondary N) is 1. The fourth-order valence-corrected chi connectivity index (χ4v) is 2.11. The van der Waals surface area contributed by atoms with Gasteiger partial charge in [0.2, 0.25) is 0 Å². The fraction of sp³-hybridized carbons (Fsp3) is 0.263. The molecular weight excluding hydrogens is 322 g/mol. The maximum atomic E-state index is 11.8. The predicted octanol–water partition coefficient (Wildman–Crippen LogP) is 2.82. The minimum Gasteiger partial charge on any atom is -0.497 e. The molecule has 0 unspecified atom stereocenters. The maximum Gasteiger partial charge on any atom is 0.310 e. The van der Waals surface area contributed by atoms with E-state index in [1.807, 2.05) is 6.92 Å². The van der Waals surface area contributed by atoms with Gasteiger partial charge < -0.3 is 19.5 Å². The quantitative estimate of drug-likeness (QED) is 0.746. The molecule has 2 aromatic carbocycles. The van der Waals surface area contributed by atoms with Gasteiger partial charge in [-0.25, -0.2) is 0 Å². The fourth-order valence-electron chi connectivity index (χ4n) is 2.11. The highest BCUT2D eigenvalue weighted by atomic mass is 16.5. The van der Waals surface area contributed by atoms with E-state index in [0.717, 1.165) is 11.3 Å². The Labute approximate surface area is 146 Å². The summed E-state index contributed by atoms with van der Waals surface area (Å²) in [4.78, 5) is 23.6. The molecule has 2 rings (SSSR count). The first kappa shape index (κ1) is 18.3. The molecule has 0 spiro atoms. The molecule has 0 radical (unpaired) electrons. The van der Waals surface area contributed by atoms with E-state index in [1.165, 1.54) is 0 Å². The smallest absolute Gasteiger partial charge is 0.310 e. The van der Waals surface area contributed by atoms with E-state index in [2.05, 4.69) is 5.32 Å². The third kappa shape index (κ3) is 6.18. The van der Waals surface area contributed by atoms with Crippen molar-refractivity contribution in [3.8, 4) is 11.5 Å². The van der Waals surface area contributed by atoms with Crippen molar-refractivity contribution >= 4 is 17.6 Å². The van der Waals surface area contributed by atoms with Crippen LogP contribution in [0.15, 0.2) is 48.5 Å². The van der Waals surface area contributed by atoms with E-state index in [4.69, 9.17) is 14.2 Å². The van der Waals surface area contributed by atoms with E-state index < -0.39 is 11.9 Å². The van der Waals surface area contributed by atoms with Gasteiger partial charge in [0, 0.05) is 5.69 Å². The molecule has 6 heteroatoms. The minimum atomic E-state index is -0.466. The number of ether oxygens (including phenoxy) is 3. The van der Waals surface area contributed by atoms with Crippen molar-refractivity contribution in [2.45, 2.75) is 13.3 Å². The first-order chi connectivity index (χ1) is 12.1. The van der Waals surface area contributed by atoms with Crippen molar-refractivity contribution in [1.82, 2.24) is 0 Å². The van der Waals surface area contributed by atoms with Crippen LogP contribution < -0.4 is 14.8 Å². The Morgan fingerprint density at radius 1 is 0.960 bits per heavy atom. The van der Waals surface area contributed by atoms with E-state index in [-0.39, 0.29) is 13.0 Å². The Bertz CT molecular complexity index is 695. The number of carbonyl (C=O) groups is 2. The number of amides is 1. The van der Waals surface area contributed by atoms with Gasteiger partial charge in [-0.1, -0.05) is 12.1 Å². The largest absolute Gasteiger partial charge is 0.497 e. The normalized spacial score (nSPS) is 10.0. The topological polar surface area (TPSA) is 73.9 Å². The van der Waals surface area contributed by atoms with Gasteiger partial charge in [-0.15, -0.1) is 0 Å². The average Bonchev–Trinajstić information content (AvgIpc) is 2.62. The summed E-state index contributed by atoms with van der Waals surface area (Å²) in [6.07, 6.45) is 0.0975. The van der Waals surface area contributed by atoms with Crippen molar-refractivity contribution in [2.24, 2.45) is 0 Å². The second-order valence-electron chi connectivity index (χ2n) is 5.19. The molecule has 0 heterocycles. The zero-order chi connectivity index (χ0) is 18.1. The van der Waals surface area contributed by atoms with Crippen molar-refractivity contribution in [3.05, 3.63) is 54.1 Å². The molecule has 0 aromatic heterocycles. The molecule has 0 bridgehead atoms. The number of rotatable bonds is 8. The van der Waals surface area contributed by atoms with Crippen LogP contribution >= 0.6 is 0 Å². The first-order valence-corrected chi connectivity index (χ1v) is 7.92. The molecule has 25 heavy (non-hydrogen) atoms. The van der Waals surface area contributed by atoms with E-state index in [1.54, 1.807) is 55.6 Å². The lowest BCUT2D eigenvalue weighted by Gasteiger charge is -2.08. The van der Waals surface area contributed by atoms with Crippen LogP contribution in [0.2, 0.25) is 0 Å². The lowest BCUT2D eigenvalue weighted by Crippen LogP contribution is -2.21. The van der Waals surface area contributed by atoms with Crippen LogP contribution in [0.4, 0.5) is 5.69 Å². The van der Waals surface area contributed by atoms with Gasteiger partial charge in [-0.05, 0) is 48.9 Å². The van der Waals surface area contributed by atoms with Crippen molar-refractivity contribution < 1.29 is 23.8 Å².